The summed E-state index contributed by atoms with van der Waals surface area (Å²) in [6.07, 6.45) is 5.96. The number of aromatic nitrogens is 1. The van der Waals surface area contributed by atoms with Gasteiger partial charge in [0, 0.05) is 42.7 Å². The topological polar surface area (TPSA) is 105 Å². The number of fused-ring (bicyclic) bond motifs is 1. The van der Waals surface area contributed by atoms with Crippen LogP contribution in [0.3, 0.4) is 0 Å². The molecule has 1 saturated heterocycles. The van der Waals surface area contributed by atoms with Crippen LogP contribution < -0.4 is 9.47 Å². The SMILES string of the molecule is Cc1c(COc2cc(OCc3cncc(C#N)c3)c(CN3CCOC[C@H]3C(=O)O)c3c2CCC3)cccc1-c1ccccc1. The average molecular weight is 590 g/mol. The van der Waals surface area contributed by atoms with E-state index in [0.29, 0.717) is 37.6 Å². The molecule has 6 rings (SSSR count). The van der Waals surface area contributed by atoms with Crippen LogP contribution in [0.25, 0.3) is 11.1 Å². The quantitative estimate of drug-likeness (QED) is 0.245. The fourth-order valence-corrected chi connectivity index (χ4v) is 6.19. The van der Waals surface area contributed by atoms with Crippen molar-refractivity contribution in [2.45, 2.75) is 52.0 Å². The third-order valence-corrected chi connectivity index (χ3v) is 8.56. The number of hydrogen-bond acceptors (Lipinski definition) is 7. The van der Waals surface area contributed by atoms with Crippen molar-refractivity contribution in [2.75, 3.05) is 19.8 Å². The number of hydrogen-bond donors (Lipinski definition) is 1. The van der Waals surface area contributed by atoms with E-state index in [4.69, 9.17) is 14.2 Å². The maximum atomic E-state index is 12.1. The van der Waals surface area contributed by atoms with Gasteiger partial charge in [0.1, 0.15) is 36.8 Å². The summed E-state index contributed by atoms with van der Waals surface area (Å²) in [5, 5.41) is 19.2. The minimum Gasteiger partial charge on any atom is -0.488 e. The highest BCUT2D eigenvalue weighted by molar-refractivity contribution is 5.74. The summed E-state index contributed by atoms with van der Waals surface area (Å²) < 4.78 is 18.5. The van der Waals surface area contributed by atoms with E-state index in [1.165, 1.54) is 28.5 Å². The molecule has 2 aliphatic rings. The van der Waals surface area contributed by atoms with E-state index in [1.807, 2.05) is 29.2 Å². The maximum Gasteiger partial charge on any atom is 0.323 e. The van der Waals surface area contributed by atoms with Crippen molar-refractivity contribution in [3.05, 3.63) is 112 Å². The second kappa shape index (κ2) is 13.3. The van der Waals surface area contributed by atoms with E-state index in [-0.39, 0.29) is 13.2 Å². The lowest BCUT2D eigenvalue weighted by atomic mass is 9.96. The van der Waals surface area contributed by atoms with Gasteiger partial charge < -0.3 is 19.3 Å². The molecular weight excluding hydrogens is 554 g/mol. The van der Waals surface area contributed by atoms with Gasteiger partial charge >= 0.3 is 5.97 Å². The van der Waals surface area contributed by atoms with Gasteiger partial charge in [-0.2, -0.15) is 5.26 Å². The predicted octanol–water partition coefficient (Wildman–Crippen LogP) is 5.86. The lowest BCUT2D eigenvalue weighted by Gasteiger charge is -2.34. The molecule has 1 aliphatic carbocycles. The van der Waals surface area contributed by atoms with Crippen LogP contribution in [0, 0.1) is 18.3 Å². The minimum atomic E-state index is -0.892. The van der Waals surface area contributed by atoms with Crippen molar-refractivity contribution in [1.82, 2.24) is 9.88 Å². The van der Waals surface area contributed by atoms with Crippen LogP contribution in [0.2, 0.25) is 0 Å². The molecule has 1 atom stereocenters. The second-order valence-corrected chi connectivity index (χ2v) is 11.3. The Kier molecular flexibility index (Phi) is 8.87. The Balaban J connectivity index is 1.33. The number of morpholine rings is 1. The maximum absolute atomic E-state index is 12.1. The third kappa shape index (κ3) is 6.30. The van der Waals surface area contributed by atoms with Crippen LogP contribution in [0.4, 0.5) is 0 Å². The number of benzene rings is 3. The highest BCUT2D eigenvalue weighted by atomic mass is 16.5. The first-order chi connectivity index (χ1) is 21.5. The Morgan fingerprint density at radius 2 is 1.86 bits per heavy atom. The Labute approximate surface area is 257 Å². The summed E-state index contributed by atoms with van der Waals surface area (Å²) in [6, 6.07) is 21.8. The lowest BCUT2D eigenvalue weighted by Crippen LogP contribution is -2.49. The van der Waals surface area contributed by atoms with Crippen LogP contribution in [0.1, 0.15) is 45.4 Å². The molecule has 0 radical (unpaired) electrons. The van der Waals surface area contributed by atoms with Crippen molar-refractivity contribution in [1.29, 1.82) is 5.26 Å². The van der Waals surface area contributed by atoms with Gasteiger partial charge in [-0.3, -0.25) is 14.7 Å². The average Bonchev–Trinajstić information content (AvgIpc) is 3.55. The van der Waals surface area contributed by atoms with Crippen molar-refractivity contribution in [3.63, 3.8) is 0 Å². The van der Waals surface area contributed by atoms with Crippen molar-refractivity contribution < 1.29 is 24.1 Å². The van der Waals surface area contributed by atoms with Crippen LogP contribution >= 0.6 is 0 Å². The molecule has 4 aromatic rings. The van der Waals surface area contributed by atoms with Crippen molar-refractivity contribution in [3.8, 4) is 28.7 Å². The van der Waals surface area contributed by atoms with Gasteiger partial charge in [-0.25, -0.2) is 0 Å². The van der Waals surface area contributed by atoms with Crippen molar-refractivity contribution in [2.24, 2.45) is 0 Å². The molecule has 224 valence electrons. The highest BCUT2D eigenvalue weighted by Crippen LogP contribution is 2.41. The molecular formula is C36H35N3O5. The van der Waals surface area contributed by atoms with E-state index in [0.717, 1.165) is 47.3 Å². The number of carboxylic acids is 1. The molecule has 1 aromatic heterocycles. The second-order valence-electron chi connectivity index (χ2n) is 11.3. The number of nitriles is 1. The van der Waals surface area contributed by atoms with Gasteiger partial charge in [0.05, 0.1) is 18.8 Å². The fourth-order valence-electron chi connectivity index (χ4n) is 6.19. The molecule has 2 heterocycles. The summed E-state index contributed by atoms with van der Waals surface area (Å²) in [6.45, 7) is 4.36. The Morgan fingerprint density at radius 3 is 2.68 bits per heavy atom. The predicted molar refractivity (Wildman–Crippen MR) is 165 cm³/mol. The monoisotopic (exact) mass is 589 g/mol. The molecule has 44 heavy (non-hydrogen) atoms. The van der Waals surface area contributed by atoms with Crippen LogP contribution in [0.5, 0.6) is 11.5 Å². The molecule has 0 unspecified atom stereocenters. The molecule has 0 saturated carbocycles. The van der Waals surface area contributed by atoms with Gasteiger partial charge in [-0.1, -0.05) is 48.5 Å². The van der Waals surface area contributed by atoms with Gasteiger partial charge in [0.25, 0.3) is 0 Å². The van der Waals surface area contributed by atoms with Gasteiger partial charge in [-0.05, 0) is 65.6 Å². The standard InChI is InChI=1S/C36H35N3O5/c1-24-28(9-5-10-29(24)27-7-3-2-4-8-27)22-44-34-16-35(43-21-26-15-25(17-37)18-38-19-26)32(30-11-6-12-31(30)34)20-39-13-14-42-23-33(39)36(40)41/h2-5,7-10,15-16,18-19,33H,6,11-14,20-23H2,1H3,(H,40,41)/t33-/m0/s1. The zero-order valence-corrected chi connectivity index (χ0v) is 24.8. The van der Waals surface area contributed by atoms with Crippen molar-refractivity contribution >= 4 is 5.97 Å². The first-order valence-electron chi connectivity index (χ1n) is 15.0. The highest BCUT2D eigenvalue weighted by Gasteiger charge is 2.32. The van der Waals surface area contributed by atoms with Crippen LogP contribution in [0.15, 0.2) is 73.1 Å². The molecule has 0 amide bonds. The van der Waals surface area contributed by atoms with Gasteiger partial charge in [0.2, 0.25) is 0 Å². The number of carboxylic acid groups (broad SMARTS) is 1. The van der Waals surface area contributed by atoms with E-state index >= 15 is 0 Å². The minimum absolute atomic E-state index is 0.156. The van der Waals surface area contributed by atoms with Gasteiger partial charge in [-0.15, -0.1) is 0 Å². The number of pyridine rings is 1. The summed E-state index contributed by atoms with van der Waals surface area (Å²) in [7, 11) is 0. The summed E-state index contributed by atoms with van der Waals surface area (Å²) in [5.41, 5.74) is 9.22. The fraction of sp³-hybridized carbons (Fsp3) is 0.306. The van der Waals surface area contributed by atoms with E-state index in [9.17, 15) is 15.2 Å². The zero-order valence-electron chi connectivity index (χ0n) is 24.8. The number of ether oxygens (including phenoxy) is 3. The normalized spacial score (nSPS) is 16.2. The number of aliphatic carboxylic acids is 1. The lowest BCUT2D eigenvalue weighted by molar-refractivity contribution is -0.150. The molecule has 8 heteroatoms. The summed E-state index contributed by atoms with van der Waals surface area (Å²) in [5.74, 6) is 0.561. The Hall–Kier alpha value is -4.71. The summed E-state index contributed by atoms with van der Waals surface area (Å²) in [4.78, 5) is 18.2. The molecule has 0 spiro atoms. The first kappa shape index (κ1) is 29.4. The molecule has 8 nitrogen and oxygen atoms in total. The van der Waals surface area contributed by atoms with Gasteiger partial charge in [0.15, 0.2) is 0 Å². The van der Waals surface area contributed by atoms with E-state index in [1.54, 1.807) is 12.3 Å². The number of carbonyl (C=O) groups is 1. The number of rotatable bonds is 10. The molecule has 1 fully saturated rings. The number of nitrogens with zero attached hydrogens (tertiary/aromatic N) is 3. The van der Waals surface area contributed by atoms with E-state index in [2.05, 4.69) is 48.3 Å². The van der Waals surface area contributed by atoms with E-state index < -0.39 is 12.0 Å². The molecule has 1 aliphatic heterocycles. The molecule has 3 aromatic carbocycles. The molecule has 1 N–H and O–H groups in total. The smallest absolute Gasteiger partial charge is 0.323 e. The molecule has 0 bridgehead atoms. The van der Waals surface area contributed by atoms with Crippen LogP contribution in [-0.4, -0.2) is 46.8 Å². The third-order valence-electron chi connectivity index (χ3n) is 8.56. The zero-order chi connectivity index (χ0) is 30.5. The van der Waals surface area contributed by atoms with Crippen LogP contribution in [-0.2, 0) is 42.1 Å². The Bertz CT molecular complexity index is 1700. The largest absolute Gasteiger partial charge is 0.488 e. The summed E-state index contributed by atoms with van der Waals surface area (Å²) >= 11 is 0. The Morgan fingerprint density at radius 1 is 1.05 bits per heavy atom. The first-order valence-corrected chi connectivity index (χ1v) is 15.0.